The Labute approximate surface area is 178 Å². The highest BCUT2D eigenvalue weighted by Crippen LogP contribution is 2.42. The Bertz CT molecular complexity index is 1030. The first-order chi connectivity index (χ1) is 13.7. The van der Waals surface area contributed by atoms with E-state index in [2.05, 4.69) is 15.5 Å². The van der Waals surface area contributed by atoms with Crippen molar-refractivity contribution >= 4 is 44.0 Å². The summed E-state index contributed by atoms with van der Waals surface area (Å²) in [6, 6.07) is 4.22. The minimum atomic E-state index is -3.87. The maximum atomic E-state index is 13.2. The monoisotopic (exact) mass is 456 g/mol. The lowest BCUT2D eigenvalue weighted by molar-refractivity contribution is -0.0440. The topological polar surface area (TPSA) is 101 Å². The number of nitrogens with zero attached hydrogens (tertiary/aromatic N) is 3. The highest BCUT2D eigenvalue weighted by molar-refractivity contribution is 7.89. The van der Waals surface area contributed by atoms with Gasteiger partial charge in [0.05, 0.1) is 17.2 Å². The second-order valence-corrected chi connectivity index (χ2v) is 10.7. The second-order valence-electron chi connectivity index (χ2n) is 7.40. The summed E-state index contributed by atoms with van der Waals surface area (Å²) in [5, 5.41) is 12.1. The normalized spacial score (nSPS) is 23.1. The Balaban J connectivity index is 1.56. The number of sulfonamides is 1. The molecule has 1 aromatic carbocycles. The van der Waals surface area contributed by atoms with Gasteiger partial charge in [-0.25, -0.2) is 8.42 Å². The van der Waals surface area contributed by atoms with Crippen LogP contribution in [0.4, 0.5) is 5.13 Å². The zero-order chi connectivity index (χ0) is 20.8. The van der Waals surface area contributed by atoms with Crippen LogP contribution in [0, 0.1) is 0 Å². The van der Waals surface area contributed by atoms with Gasteiger partial charge in [-0.2, -0.15) is 4.31 Å². The lowest BCUT2D eigenvalue weighted by atomic mass is 10.2. The standard InChI is InChI=1S/C18H21ClN4O4S2/c1-10-8-23(9-11(2)27-10)29(25,26)15-7-13(5-6-14(15)19)16(24)20-18-22-21-17(28-18)12-3-4-12/h5-7,10-12H,3-4,8-9H2,1-2H3,(H,20,22,24). The summed E-state index contributed by atoms with van der Waals surface area (Å²) in [4.78, 5) is 12.5. The number of hydrogen-bond donors (Lipinski definition) is 1. The molecular weight excluding hydrogens is 436 g/mol. The predicted octanol–water partition coefficient (Wildman–Crippen LogP) is 3.12. The van der Waals surface area contributed by atoms with Crippen LogP contribution in [0.2, 0.25) is 5.02 Å². The summed E-state index contributed by atoms with van der Waals surface area (Å²) in [6.07, 6.45) is 1.74. The molecule has 0 radical (unpaired) electrons. The Morgan fingerprint density at radius 1 is 1.24 bits per heavy atom. The fourth-order valence-corrected chi connectivity index (χ4v) is 6.26. The zero-order valence-corrected chi connectivity index (χ0v) is 18.4. The minimum absolute atomic E-state index is 0.0697. The summed E-state index contributed by atoms with van der Waals surface area (Å²) in [7, 11) is -3.87. The van der Waals surface area contributed by atoms with Gasteiger partial charge in [-0.05, 0) is 44.9 Å². The maximum Gasteiger partial charge on any atom is 0.257 e. The molecule has 2 atom stereocenters. The first-order valence-electron chi connectivity index (χ1n) is 9.34. The van der Waals surface area contributed by atoms with Crippen LogP contribution in [-0.2, 0) is 14.8 Å². The van der Waals surface area contributed by atoms with Gasteiger partial charge >= 0.3 is 0 Å². The molecule has 2 heterocycles. The number of hydrogen-bond acceptors (Lipinski definition) is 7. The average molecular weight is 457 g/mol. The van der Waals surface area contributed by atoms with Crippen molar-refractivity contribution in [2.45, 2.75) is 49.7 Å². The molecule has 0 spiro atoms. The summed E-state index contributed by atoms with van der Waals surface area (Å²) in [5.41, 5.74) is 0.186. The van der Waals surface area contributed by atoms with Crippen molar-refractivity contribution in [1.29, 1.82) is 0 Å². The molecular formula is C18H21ClN4O4S2. The quantitative estimate of drug-likeness (QED) is 0.741. The van der Waals surface area contributed by atoms with Crippen LogP contribution in [0.1, 0.15) is 48.0 Å². The van der Waals surface area contributed by atoms with Crippen molar-refractivity contribution in [2.75, 3.05) is 18.4 Å². The third-order valence-electron chi connectivity index (χ3n) is 4.79. The fourth-order valence-electron chi connectivity index (χ4n) is 3.26. The number of rotatable bonds is 5. The van der Waals surface area contributed by atoms with Gasteiger partial charge in [0.25, 0.3) is 5.91 Å². The molecule has 2 aromatic rings. The van der Waals surface area contributed by atoms with E-state index in [0.717, 1.165) is 17.8 Å². The highest BCUT2D eigenvalue weighted by atomic mass is 35.5. The van der Waals surface area contributed by atoms with Crippen molar-refractivity contribution in [3.8, 4) is 0 Å². The van der Waals surface area contributed by atoms with Crippen LogP contribution in [0.3, 0.4) is 0 Å². The number of halogens is 1. The highest BCUT2D eigenvalue weighted by Gasteiger charge is 2.34. The van der Waals surface area contributed by atoms with Crippen molar-refractivity contribution in [1.82, 2.24) is 14.5 Å². The third kappa shape index (κ3) is 4.46. The van der Waals surface area contributed by atoms with E-state index in [1.807, 2.05) is 13.8 Å². The van der Waals surface area contributed by atoms with E-state index < -0.39 is 15.9 Å². The number of morpholine rings is 1. The van der Waals surface area contributed by atoms with E-state index in [9.17, 15) is 13.2 Å². The molecule has 1 saturated carbocycles. The number of ether oxygens (including phenoxy) is 1. The first kappa shape index (κ1) is 20.7. The second kappa shape index (κ2) is 7.92. The minimum Gasteiger partial charge on any atom is -0.373 e. The molecule has 1 aromatic heterocycles. The molecule has 29 heavy (non-hydrogen) atoms. The number of carbonyl (C=O) groups excluding carboxylic acids is 1. The van der Waals surface area contributed by atoms with Crippen LogP contribution in [0.5, 0.6) is 0 Å². The maximum absolute atomic E-state index is 13.2. The summed E-state index contributed by atoms with van der Waals surface area (Å²) in [6.45, 7) is 4.10. The van der Waals surface area contributed by atoms with Gasteiger partial charge in [0.1, 0.15) is 9.90 Å². The van der Waals surface area contributed by atoms with E-state index in [1.54, 1.807) is 0 Å². The number of carbonyl (C=O) groups is 1. The number of aromatic nitrogens is 2. The largest absolute Gasteiger partial charge is 0.373 e. The molecule has 1 aliphatic carbocycles. The van der Waals surface area contributed by atoms with E-state index in [-0.39, 0.29) is 40.8 Å². The van der Waals surface area contributed by atoms with Crippen molar-refractivity contribution in [3.63, 3.8) is 0 Å². The Hall–Kier alpha value is -1.59. The first-order valence-corrected chi connectivity index (χ1v) is 12.0. The molecule has 1 aliphatic heterocycles. The molecule has 2 unspecified atom stereocenters. The SMILES string of the molecule is CC1CN(S(=O)(=O)c2cc(C(=O)Nc3nnc(C4CC4)s3)ccc2Cl)CC(C)O1. The molecule has 4 rings (SSSR count). The fraction of sp³-hybridized carbons (Fsp3) is 0.500. The Morgan fingerprint density at radius 3 is 2.59 bits per heavy atom. The summed E-state index contributed by atoms with van der Waals surface area (Å²) in [5.74, 6) is -0.0101. The van der Waals surface area contributed by atoms with Crippen LogP contribution in [-0.4, -0.2) is 54.1 Å². The van der Waals surface area contributed by atoms with Gasteiger partial charge in [-0.1, -0.05) is 22.9 Å². The van der Waals surface area contributed by atoms with Gasteiger partial charge in [-0.15, -0.1) is 10.2 Å². The summed E-state index contributed by atoms with van der Waals surface area (Å²) >= 11 is 7.54. The molecule has 156 valence electrons. The van der Waals surface area contributed by atoms with Gasteiger partial charge in [0, 0.05) is 24.6 Å². The van der Waals surface area contributed by atoms with Gasteiger partial charge in [-0.3, -0.25) is 10.1 Å². The van der Waals surface area contributed by atoms with Crippen molar-refractivity contribution < 1.29 is 17.9 Å². The van der Waals surface area contributed by atoms with Gasteiger partial charge < -0.3 is 4.74 Å². The smallest absolute Gasteiger partial charge is 0.257 e. The van der Waals surface area contributed by atoms with Crippen LogP contribution < -0.4 is 5.32 Å². The molecule has 1 N–H and O–H groups in total. The van der Waals surface area contributed by atoms with Crippen LogP contribution in [0.15, 0.2) is 23.1 Å². The lowest BCUT2D eigenvalue weighted by Gasteiger charge is -2.34. The number of anilines is 1. The van der Waals surface area contributed by atoms with Crippen LogP contribution >= 0.6 is 22.9 Å². The molecule has 2 fully saturated rings. The number of benzene rings is 1. The number of nitrogens with one attached hydrogen (secondary N) is 1. The lowest BCUT2D eigenvalue weighted by Crippen LogP contribution is -2.48. The molecule has 0 bridgehead atoms. The third-order valence-corrected chi connectivity index (χ3v) is 8.10. The average Bonchev–Trinajstić information content (AvgIpc) is 3.40. The molecule has 11 heteroatoms. The molecule has 2 aliphatic rings. The van der Waals surface area contributed by atoms with E-state index in [0.29, 0.717) is 11.0 Å². The van der Waals surface area contributed by atoms with E-state index >= 15 is 0 Å². The van der Waals surface area contributed by atoms with Crippen molar-refractivity contribution in [2.24, 2.45) is 0 Å². The summed E-state index contributed by atoms with van der Waals surface area (Å²) < 4.78 is 33.3. The Morgan fingerprint density at radius 2 is 1.93 bits per heavy atom. The molecule has 1 saturated heterocycles. The zero-order valence-electron chi connectivity index (χ0n) is 16.0. The van der Waals surface area contributed by atoms with E-state index in [1.165, 1.54) is 33.8 Å². The number of amides is 1. The van der Waals surface area contributed by atoms with Gasteiger partial charge in [0.15, 0.2) is 0 Å². The predicted molar refractivity (Wildman–Crippen MR) is 110 cm³/mol. The van der Waals surface area contributed by atoms with E-state index in [4.69, 9.17) is 16.3 Å². The molecule has 8 nitrogen and oxygen atoms in total. The van der Waals surface area contributed by atoms with Gasteiger partial charge in [0.2, 0.25) is 15.2 Å². The molecule has 1 amide bonds. The van der Waals surface area contributed by atoms with Crippen LogP contribution in [0.25, 0.3) is 0 Å². The Kier molecular flexibility index (Phi) is 5.64. The van der Waals surface area contributed by atoms with Crippen molar-refractivity contribution in [3.05, 3.63) is 33.8 Å².